The molecule has 5 rings (SSSR count). The second-order valence-corrected chi connectivity index (χ2v) is 13.5. The van der Waals surface area contributed by atoms with Crippen molar-refractivity contribution in [3.63, 3.8) is 0 Å². The normalized spacial score (nSPS) is 17.4. The molecule has 2 aromatic carbocycles. The van der Waals surface area contributed by atoms with Crippen molar-refractivity contribution in [3.05, 3.63) is 48.0 Å². The average Bonchev–Trinajstić information content (AvgIpc) is 3.41. The SMILES string of the molecule is CCOc1ccc2nc(N3CCN(CCNC(=O)c4ccc(S(=O)(=O)N(C)C5CCCCC5)cc4)CC3)sc2c1. The molecule has 1 saturated carbocycles. The molecular formula is C29H39N5O4S2. The lowest BCUT2D eigenvalue weighted by molar-refractivity contribution is 0.0947. The van der Waals surface area contributed by atoms with E-state index in [2.05, 4.69) is 21.2 Å². The first-order valence-corrected chi connectivity index (χ1v) is 16.5. The summed E-state index contributed by atoms with van der Waals surface area (Å²) < 4.78 is 34.4. The van der Waals surface area contributed by atoms with Gasteiger partial charge in [0, 0.05) is 57.9 Å². The highest BCUT2D eigenvalue weighted by atomic mass is 32.2. The molecule has 0 spiro atoms. The highest BCUT2D eigenvalue weighted by molar-refractivity contribution is 7.89. The fourth-order valence-electron chi connectivity index (χ4n) is 5.46. The van der Waals surface area contributed by atoms with Gasteiger partial charge in [-0.15, -0.1) is 0 Å². The number of nitrogens with zero attached hydrogens (tertiary/aromatic N) is 4. The van der Waals surface area contributed by atoms with Gasteiger partial charge < -0.3 is 15.0 Å². The lowest BCUT2D eigenvalue weighted by atomic mass is 9.96. The van der Waals surface area contributed by atoms with Crippen LogP contribution in [-0.2, 0) is 10.0 Å². The van der Waals surface area contributed by atoms with Gasteiger partial charge in [-0.2, -0.15) is 4.31 Å². The Hall–Kier alpha value is -2.73. The molecule has 1 N–H and O–H groups in total. The third kappa shape index (κ3) is 6.59. The van der Waals surface area contributed by atoms with Crippen LogP contribution in [0, 0.1) is 0 Å². The molecular weight excluding hydrogens is 546 g/mol. The van der Waals surface area contributed by atoms with Crippen LogP contribution in [0.3, 0.4) is 0 Å². The number of piperazine rings is 1. The molecule has 0 radical (unpaired) electrons. The maximum absolute atomic E-state index is 13.1. The minimum absolute atomic E-state index is 0.0543. The van der Waals surface area contributed by atoms with Crippen molar-refractivity contribution >= 4 is 42.6 Å². The van der Waals surface area contributed by atoms with Crippen LogP contribution in [0.25, 0.3) is 10.2 Å². The van der Waals surface area contributed by atoms with Gasteiger partial charge in [0.25, 0.3) is 5.91 Å². The molecule has 11 heteroatoms. The molecule has 0 atom stereocenters. The lowest BCUT2D eigenvalue weighted by Crippen LogP contribution is -2.48. The summed E-state index contributed by atoms with van der Waals surface area (Å²) >= 11 is 1.69. The number of benzene rings is 2. The van der Waals surface area contributed by atoms with Crippen molar-refractivity contribution in [2.24, 2.45) is 0 Å². The van der Waals surface area contributed by atoms with E-state index in [0.29, 0.717) is 18.7 Å². The van der Waals surface area contributed by atoms with Crippen molar-refractivity contribution in [2.45, 2.75) is 50.0 Å². The van der Waals surface area contributed by atoms with Crippen molar-refractivity contribution in [1.82, 2.24) is 19.5 Å². The molecule has 1 aliphatic heterocycles. The number of anilines is 1. The maximum Gasteiger partial charge on any atom is 0.251 e. The van der Waals surface area contributed by atoms with Crippen molar-refractivity contribution in [2.75, 3.05) is 57.8 Å². The van der Waals surface area contributed by atoms with Gasteiger partial charge in [0.1, 0.15) is 5.75 Å². The van der Waals surface area contributed by atoms with Gasteiger partial charge in [0.2, 0.25) is 10.0 Å². The number of nitrogens with one attached hydrogen (secondary N) is 1. The first-order chi connectivity index (χ1) is 19.3. The van der Waals surface area contributed by atoms with Crippen molar-refractivity contribution in [3.8, 4) is 5.75 Å². The van der Waals surface area contributed by atoms with E-state index in [9.17, 15) is 13.2 Å². The predicted octanol–water partition coefficient (Wildman–Crippen LogP) is 4.20. The van der Waals surface area contributed by atoms with E-state index in [1.54, 1.807) is 42.6 Å². The summed E-state index contributed by atoms with van der Waals surface area (Å²) in [5.41, 5.74) is 1.46. The standard InChI is InChI=1S/C29H39N5O4S2/c1-3-38-24-11-14-26-27(21-24)39-29(31-26)34-19-17-33(18-20-34)16-15-30-28(35)22-9-12-25(13-10-22)40(36,37)32(2)23-7-5-4-6-8-23/h9-14,21,23H,3-8,15-20H2,1-2H3,(H,30,35). The first kappa shape index (κ1) is 28.8. The zero-order valence-electron chi connectivity index (χ0n) is 23.3. The molecule has 3 aromatic rings. The van der Waals surface area contributed by atoms with Gasteiger partial charge in [-0.25, -0.2) is 13.4 Å². The molecule has 1 amide bonds. The summed E-state index contributed by atoms with van der Waals surface area (Å²) in [6.07, 6.45) is 5.12. The number of amides is 1. The third-order valence-electron chi connectivity index (χ3n) is 7.90. The number of aromatic nitrogens is 1. The molecule has 0 bridgehead atoms. The number of ether oxygens (including phenoxy) is 1. The number of hydrogen-bond acceptors (Lipinski definition) is 8. The monoisotopic (exact) mass is 585 g/mol. The quantitative estimate of drug-likeness (QED) is 0.381. The number of thiazole rings is 1. The van der Waals surface area contributed by atoms with E-state index < -0.39 is 10.0 Å². The largest absolute Gasteiger partial charge is 0.494 e. The van der Waals surface area contributed by atoms with Crippen LogP contribution in [0.1, 0.15) is 49.4 Å². The molecule has 2 fully saturated rings. The van der Waals surface area contributed by atoms with Crippen LogP contribution in [0.15, 0.2) is 47.4 Å². The van der Waals surface area contributed by atoms with Crippen LogP contribution < -0.4 is 15.0 Å². The summed E-state index contributed by atoms with van der Waals surface area (Å²) in [6, 6.07) is 12.4. The molecule has 216 valence electrons. The Morgan fingerprint density at radius 3 is 2.50 bits per heavy atom. The topological polar surface area (TPSA) is 95.1 Å². The molecule has 0 unspecified atom stereocenters. The smallest absolute Gasteiger partial charge is 0.251 e. The van der Waals surface area contributed by atoms with E-state index in [-0.39, 0.29) is 16.8 Å². The van der Waals surface area contributed by atoms with Crippen molar-refractivity contribution < 1.29 is 17.9 Å². The summed E-state index contributed by atoms with van der Waals surface area (Å²) in [4.78, 5) is 22.4. The Morgan fingerprint density at radius 2 is 1.80 bits per heavy atom. The van der Waals surface area contributed by atoms with Gasteiger partial charge >= 0.3 is 0 Å². The molecule has 2 aliphatic rings. The Bertz CT molecular complexity index is 1400. The fraction of sp³-hybridized carbons (Fsp3) is 0.517. The average molecular weight is 586 g/mol. The van der Waals surface area contributed by atoms with E-state index in [4.69, 9.17) is 9.72 Å². The molecule has 1 aromatic heterocycles. The predicted molar refractivity (Wildman–Crippen MR) is 160 cm³/mol. The molecule has 1 aliphatic carbocycles. The molecule has 40 heavy (non-hydrogen) atoms. The highest BCUT2D eigenvalue weighted by Crippen LogP contribution is 2.32. The van der Waals surface area contributed by atoms with Gasteiger partial charge in [-0.3, -0.25) is 9.69 Å². The lowest BCUT2D eigenvalue weighted by Gasteiger charge is -2.34. The van der Waals surface area contributed by atoms with Crippen LogP contribution in [-0.4, -0.2) is 87.5 Å². The van der Waals surface area contributed by atoms with E-state index in [0.717, 1.165) is 79.5 Å². The first-order valence-electron chi connectivity index (χ1n) is 14.2. The molecule has 2 heterocycles. The minimum atomic E-state index is -3.57. The van der Waals surface area contributed by atoms with Crippen LogP contribution in [0.5, 0.6) is 5.75 Å². The Balaban J connectivity index is 1.07. The minimum Gasteiger partial charge on any atom is -0.494 e. The summed E-state index contributed by atoms with van der Waals surface area (Å²) in [6.45, 7) is 7.49. The second-order valence-electron chi connectivity index (χ2n) is 10.5. The van der Waals surface area contributed by atoms with Crippen LogP contribution in [0.2, 0.25) is 0 Å². The maximum atomic E-state index is 13.1. The highest BCUT2D eigenvalue weighted by Gasteiger charge is 2.29. The number of hydrogen-bond donors (Lipinski definition) is 1. The number of carbonyl (C=O) groups excluding carboxylic acids is 1. The van der Waals surface area contributed by atoms with Crippen molar-refractivity contribution in [1.29, 1.82) is 0 Å². The zero-order chi connectivity index (χ0) is 28.1. The summed E-state index contributed by atoms with van der Waals surface area (Å²) in [5.74, 6) is 0.685. The second kappa shape index (κ2) is 12.8. The van der Waals surface area contributed by atoms with E-state index in [1.807, 2.05) is 19.1 Å². The fourth-order valence-corrected chi connectivity index (χ4v) is 7.92. The molecule has 1 saturated heterocycles. The number of sulfonamides is 1. The molecule has 9 nitrogen and oxygen atoms in total. The van der Waals surface area contributed by atoms with Crippen LogP contribution >= 0.6 is 11.3 Å². The van der Waals surface area contributed by atoms with E-state index >= 15 is 0 Å². The summed E-state index contributed by atoms with van der Waals surface area (Å²) in [7, 11) is -1.90. The number of fused-ring (bicyclic) bond motifs is 1. The van der Waals surface area contributed by atoms with Crippen LogP contribution in [0.4, 0.5) is 5.13 Å². The number of rotatable bonds is 10. The summed E-state index contributed by atoms with van der Waals surface area (Å²) in [5, 5.41) is 4.01. The Morgan fingerprint density at radius 1 is 1.07 bits per heavy atom. The zero-order valence-corrected chi connectivity index (χ0v) is 25.0. The van der Waals surface area contributed by atoms with Gasteiger partial charge in [-0.05, 0) is 62.2 Å². The Labute approximate surface area is 241 Å². The van der Waals surface area contributed by atoms with Gasteiger partial charge in [0.05, 0.1) is 21.7 Å². The van der Waals surface area contributed by atoms with Gasteiger partial charge in [0.15, 0.2) is 5.13 Å². The Kier molecular flexibility index (Phi) is 9.24. The number of carbonyl (C=O) groups is 1. The van der Waals surface area contributed by atoms with E-state index in [1.165, 1.54) is 10.7 Å². The third-order valence-corrected chi connectivity index (χ3v) is 10.9. The van der Waals surface area contributed by atoms with Gasteiger partial charge in [-0.1, -0.05) is 30.6 Å².